The first-order valence-electron chi connectivity index (χ1n) is 7.25. The number of methoxy groups -OCH3 is 1. The summed E-state index contributed by atoms with van der Waals surface area (Å²) < 4.78 is 4.74. The van der Waals surface area contributed by atoms with E-state index in [-0.39, 0.29) is 31.0 Å². The molecule has 3 atom stereocenters. The molecule has 0 aromatic heterocycles. The Bertz CT molecular complexity index is 335. The van der Waals surface area contributed by atoms with Crippen molar-refractivity contribution in [3.63, 3.8) is 0 Å². The van der Waals surface area contributed by atoms with Gasteiger partial charge in [0.25, 0.3) is 0 Å². The molecule has 1 rings (SSSR count). The zero-order valence-corrected chi connectivity index (χ0v) is 12.6. The van der Waals surface area contributed by atoms with Crippen molar-refractivity contribution >= 4 is 11.9 Å². The van der Waals surface area contributed by atoms with Crippen LogP contribution in [0.1, 0.15) is 33.1 Å². The average Bonchev–Trinajstić information content (AvgIpc) is 2.90. The van der Waals surface area contributed by atoms with Crippen molar-refractivity contribution in [2.75, 3.05) is 26.8 Å². The number of likely N-dealkylation sites (tertiary alicyclic amines) is 1. The molecule has 1 amide bonds. The van der Waals surface area contributed by atoms with Crippen LogP contribution in [-0.2, 0) is 14.3 Å². The van der Waals surface area contributed by atoms with Crippen molar-refractivity contribution in [2.24, 2.45) is 5.92 Å². The fraction of sp³-hybridized carbons (Fsp3) is 0.857. The van der Waals surface area contributed by atoms with Gasteiger partial charge in [0.2, 0.25) is 5.91 Å². The van der Waals surface area contributed by atoms with Crippen LogP contribution in [-0.4, -0.2) is 60.8 Å². The first-order chi connectivity index (χ1) is 9.53. The molecule has 0 saturated carbocycles. The van der Waals surface area contributed by atoms with E-state index in [0.29, 0.717) is 0 Å². The molecule has 20 heavy (non-hydrogen) atoms. The largest absolute Gasteiger partial charge is 0.467 e. The van der Waals surface area contributed by atoms with Crippen molar-refractivity contribution in [3.05, 3.63) is 0 Å². The molecule has 0 bridgehead atoms. The molecule has 0 spiro atoms. The SMILES string of the molecule is CCC(C)C(NC(=O)CN1CCC[C@H]1CO)C(=O)OC. The van der Waals surface area contributed by atoms with E-state index < -0.39 is 12.0 Å². The van der Waals surface area contributed by atoms with Gasteiger partial charge in [-0.3, -0.25) is 9.69 Å². The third-order valence-corrected chi connectivity index (χ3v) is 4.04. The predicted octanol–water partition coefficient (Wildman–Crippen LogP) is 0.147. The predicted molar refractivity (Wildman–Crippen MR) is 75.1 cm³/mol. The lowest BCUT2D eigenvalue weighted by Gasteiger charge is -2.25. The number of hydrogen-bond acceptors (Lipinski definition) is 5. The van der Waals surface area contributed by atoms with Crippen LogP contribution in [0.5, 0.6) is 0 Å². The second-order valence-corrected chi connectivity index (χ2v) is 5.40. The van der Waals surface area contributed by atoms with E-state index in [1.165, 1.54) is 7.11 Å². The number of nitrogens with zero attached hydrogens (tertiary/aromatic N) is 1. The lowest BCUT2D eigenvalue weighted by Crippen LogP contribution is -2.49. The van der Waals surface area contributed by atoms with Crippen molar-refractivity contribution in [2.45, 2.75) is 45.2 Å². The zero-order chi connectivity index (χ0) is 15.1. The fourth-order valence-corrected chi connectivity index (χ4v) is 2.51. The van der Waals surface area contributed by atoms with E-state index >= 15 is 0 Å². The van der Waals surface area contributed by atoms with Gasteiger partial charge in [0.05, 0.1) is 20.3 Å². The number of esters is 1. The fourth-order valence-electron chi connectivity index (χ4n) is 2.51. The molecule has 0 aromatic carbocycles. The maximum atomic E-state index is 12.1. The summed E-state index contributed by atoms with van der Waals surface area (Å²) in [5.74, 6) is -0.576. The van der Waals surface area contributed by atoms with Crippen molar-refractivity contribution < 1.29 is 19.4 Å². The van der Waals surface area contributed by atoms with Crippen LogP contribution in [0.3, 0.4) is 0 Å². The van der Waals surface area contributed by atoms with Gasteiger partial charge < -0.3 is 15.2 Å². The monoisotopic (exact) mass is 286 g/mol. The first-order valence-corrected chi connectivity index (χ1v) is 7.25. The van der Waals surface area contributed by atoms with E-state index in [9.17, 15) is 14.7 Å². The molecule has 1 aliphatic rings. The highest BCUT2D eigenvalue weighted by atomic mass is 16.5. The summed E-state index contributed by atoms with van der Waals surface area (Å²) in [7, 11) is 1.33. The van der Waals surface area contributed by atoms with Crippen molar-refractivity contribution in [3.8, 4) is 0 Å². The highest BCUT2D eigenvalue weighted by molar-refractivity contribution is 5.85. The molecule has 2 unspecified atom stereocenters. The number of ether oxygens (including phenoxy) is 1. The van der Waals surface area contributed by atoms with Gasteiger partial charge in [-0.15, -0.1) is 0 Å². The normalized spacial score (nSPS) is 22.3. The molecule has 6 nitrogen and oxygen atoms in total. The molecule has 1 saturated heterocycles. The summed E-state index contributed by atoms with van der Waals surface area (Å²) in [6.45, 7) is 4.97. The van der Waals surface area contributed by atoms with E-state index in [4.69, 9.17) is 4.74 Å². The summed E-state index contributed by atoms with van der Waals surface area (Å²) >= 11 is 0. The maximum Gasteiger partial charge on any atom is 0.328 e. The Morgan fingerprint density at radius 3 is 2.75 bits per heavy atom. The van der Waals surface area contributed by atoms with E-state index in [1.54, 1.807) is 0 Å². The van der Waals surface area contributed by atoms with Gasteiger partial charge in [0.15, 0.2) is 0 Å². The molecule has 0 aliphatic carbocycles. The average molecular weight is 286 g/mol. The van der Waals surface area contributed by atoms with E-state index in [2.05, 4.69) is 5.32 Å². The van der Waals surface area contributed by atoms with Gasteiger partial charge in [-0.1, -0.05) is 20.3 Å². The van der Waals surface area contributed by atoms with E-state index in [1.807, 2.05) is 18.7 Å². The lowest BCUT2D eigenvalue weighted by atomic mass is 9.99. The first kappa shape index (κ1) is 16.9. The second kappa shape index (κ2) is 8.21. The second-order valence-electron chi connectivity index (χ2n) is 5.40. The summed E-state index contributed by atoms with van der Waals surface area (Å²) in [6.07, 6.45) is 2.68. The minimum atomic E-state index is -0.604. The van der Waals surface area contributed by atoms with Crippen LogP contribution >= 0.6 is 0 Å². The number of aliphatic hydroxyl groups is 1. The minimum absolute atomic E-state index is 0.0265. The Labute approximate surface area is 120 Å². The van der Waals surface area contributed by atoms with Gasteiger partial charge in [0.1, 0.15) is 6.04 Å². The molecule has 0 aromatic rings. The molecular formula is C14H26N2O4. The Hall–Kier alpha value is -1.14. The molecular weight excluding hydrogens is 260 g/mol. The number of aliphatic hydroxyl groups excluding tert-OH is 1. The number of amides is 1. The number of hydrogen-bond donors (Lipinski definition) is 2. The Kier molecular flexibility index (Phi) is 6.95. The Morgan fingerprint density at radius 1 is 1.50 bits per heavy atom. The third kappa shape index (κ3) is 4.45. The molecule has 0 radical (unpaired) electrons. The summed E-state index contributed by atoms with van der Waals surface area (Å²) in [4.78, 5) is 25.7. The van der Waals surface area contributed by atoms with Crippen LogP contribution in [0.4, 0.5) is 0 Å². The van der Waals surface area contributed by atoms with Crippen LogP contribution in [0.25, 0.3) is 0 Å². The van der Waals surface area contributed by atoms with Crippen molar-refractivity contribution in [1.82, 2.24) is 10.2 Å². The minimum Gasteiger partial charge on any atom is -0.467 e. The van der Waals surface area contributed by atoms with Crippen LogP contribution in [0, 0.1) is 5.92 Å². The highest BCUT2D eigenvalue weighted by Crippen LogP contribution is 2.16. The number of carbonyl (C=O) groups excluding carboxylic acids is 2. The summed E-state index contributed by atoms with van der Waals surface area (Å²) in [5.41, 5.74) is 0. The maximum absolute atomic E-state index is 12.1. The van der Waals surface area contributed by atoms with Crippen LogP contribution in [0.15, 0.2) is 0 Å². The zero-order valence-electron chi connectivity index (χ0n) is 12.6. The molecule has 1 heterocycles. The lowest BCUT2D eigenvalue weighted by molar-refractivity contribution is -0.146. The van der Waals surface area contributed by atoms with Crippen molar-refractivity contribution in [1.29, 1.82) is 0 Å². The number of nitrogens with one attached hydrogen (secondary N) is 1. The Morgan fingerprint density at radius 2 is 2.20 bits per heavy atom. The standard InChI is InChI=1S/C14H26N2O4/c1-4-10(2)13(14(19)20-3)15-12(18)8-16-7-5-6-11(16)9-17/h10-11,13,17H,4-9H2,1-3H3,(H,15,18)/t10?,11-,13?/m0/s1. The molecule has 6 heteroatoms. The summed E-state index contributed by atoms with van der Waals surface area (Å²) in [6, 6.07) is -0.548. The highest BCUT2D eigenvalue weighted by Gasteiger charge is 2.29. The quantitative estimate of drug-likeness (QED) is 0.651. The molecule has 2 N–H and O–H groups in total. The smallest absolute Gasteiger partial charge is 0.328 e. The third-order valence-electron chi connectivity index (χ3n) is 4.04. The van der Waals surface area contributed by atoms with Crippen LogP contribution < -0.4 is 5.32 Å². The van der Waals surface area contributed by atoms with Gasteiger partial charge in [-0.05, 0) is 25.3 Å². The number of rotatable bonds is 7. The molecule has 116 valence electrons. The van der Waals surface area contributed by atoms with Gasteiger partial charge >= 0.3 is 5.97 Å². The Balaban J connectivity index is 2.55. The van der Waals surface area contributed by atoms with Gasteiger partial charge in [-0.25, -0.2) is 4.79 Å². The molecule has 1 aliphatic heterocycles. The molecule has 1 fully saturated rings. The van der Waals surface area contributed by atoms with Gasteiger partial charge in [0, 0.05) is 6.04 Å². The topological polar surface area (TPSA) is 78.9 Å². The van der Waals surface area contributed by atoms with Gasteiger partial charge in [-0.2, -0.15) is 0 Å². The van der Waals surface area contributed by atoms with Crippen LogP contribution in [0.2, 0.25) is 0 Å². The summed E-state index contributed by atoms with van der Waals surface area (Å²) in [5, 5.41) is 12.0. The number of carbonyl (C=O) groups is 2. The van der Waals surface area contributed by atoms with E-state index in [0.717, 1.165) is 25.8 Å².